The van der Waals surface area contributed by atoms with E-state index >= 15 is 0 Å². The van der Waals surface area contributed by atoms with Gasteiger partial charge >= 0.3 is 0 Å². The highest BCUT2D eigenvalue weighted by molar-refractivity contribution is 8.13. The van der Waals surface area contributed by atoms with E-state index in [-0.39, 0.29) is 4.90 Å². The van der Waals surface area contributed by atoms with Crippen LogP contribution in [-0.2, 0) is 13.8 Å². The number of ether oxygens (including phenoxy) is 2. The lowest BCUT2D eigenvalue weighted by Crippen LogP contribution is -2.21. The summed E-state index contributed by atoms with van der Waals surface area (Å²) in [4.78, 5) is 0.0428. The molecule has 106 valence electrons. The van der Waals surface area contributed by atoms with Crippen molar-refractivity contribution in [2.24, 2.45) is 5.92 Å². The van der Waals surface area contributed by atoms with Crippen LogP contribution in [0.1, 0.15) is 18.4 Å². The molecule has 0 radical (unpaired) electrons. The van der Waals surface area contributed by atoms with Crippen LogP contribution < -0.4 is 4.74 Å². The van der Waals surface area contributed by atoms with E-state index in [1.807, 2.05) is 13.0 Å². The maximum absolute atomic E-state index is 11.5. The van der Waals surface area contributed by atoms with Gasteiger partial charge in [0.2, 0.25) is 0 Å². The van der Waals surface area contributed by atoms with Crippen molar-refractivity contribution in [1.29, 1.82) is 0 Å². The Bertz CT molecular complexity index is 536. The van der Waals surface area contributed by atoms with Crippen LogP contribution in [0.25, 0.3) is 0 Å². The molecule has 0 amide bonds. The molecule has 1 aromatic carbocycles. The van der Waals surface area contributed by atoms with Crippen LogP contribution in [-0.4, -0.2) is 28.2 Å². The summed E-state index contributed by atoms with van der Waals surface area (Å²) in [6, 6.07) is 5.00. The van der Waals surface area contributed by atoms with E-state index in [0.29, 0.717) is 18.3 Å². The van der Waals surface area contributed by atoms with Gasteiger partial charge in [0.05, 0.1) is 6.61 Å². The summed E-state index contributed by atoms with van der Waals surface area (Å²) in [5.74, 6) is 0.730. The first-order chi connectivity index (χ1) is 8.97. The second-order valence-corrected chi connectivity index (χ2v) is 7.29. The maximum Gasteiger partial charge on any atom is 0.264 e. The molecule has 1 heterocycles. The molecule has 0 aliphatic carbocycles. The smallest absolute Gasteiger partial charge is 0.264 e. The van der Waals surface area contributed by atoms with Crippen molar-refractivity contribution in [1.82, 2.24) is 0 Å². The third-order valence-electron chi connectivity index (χ3n) is 3.18. The zero-order valence-corrected chi connectivity index (χ0v) is 12.3. The third-order valence-corrected chi connectivity index (χ3v) is 4.52. The summed E-state index contributed by atoms with van der Waals surface area (Å²) in [5, 5.41) is 0. The zero-order chi connectivity index (χ0) is 13.9. The van der Waals surface area contributed by atoms with Gasteiger partial charge in [0.1, 0.15) is 10.6 Å². The average molecular weight is 305 g/mol. The number of halogens is 1. The summed E-state index contributed by atoms with van der Waals surface area (Å²) < 4.78 is 34.0. The van der Waals surface area contributed by atoms with Crippen LogP contribution in [0.15, 0.2) is 23.1 Å². The van der Waals surface area contributed by atoms with Crippen molar-refractivity contribution in [2.75, 3.05) is 19.8 Å². The second kappa shape index (κ2) is 6.11. The molecular formula is C13H17ClO4S. The largest absolute Gasteiger partial charge is 0.492 e. The van der Waals surface area contributed by atoms with E-state index in [1.54, 1.807) is 6.07 Å². The number of benzene rings is 1. The number of rotatable bonds is 4. The van der Waals surface area contributed by atoms with Crippen LogP contribution in [0.2, 0.25) is 0 Å². The predicted molar refractivity (Wildman–Crippen MR) is 73.3 cm³/mol. The molecule has 6 heteroatoms. The molecule has 0 saturated carbocycles. The van der Waals surface area contributed by atoms with Crippen molar-refractivity contribution in [3.8, 4) is 5.75 Å². The van der Waals surface area contributed by atoms with E-state index < -0.39 is 9.05 Å². The minimum absolute atomic E-state index is 0.0428. The topological polar surface area (TPSA) is 52.6 Å². The molecule has 1 aromatic rings. The normalized spacial score (nSPS) is 17.4. The van der Waals surface area contributed by atoms with Crippen molar-refractivity contribution in [3.63, 3.8) is 0 Å². The lowest BCUT2D eigenvalue weighted by atomic mass is 10.0. The average Bonchev–Trinajstić information content (AvgIpc) is 2.37. The van der Waals surface area contributed by atoms with Gasteiger partial charge in [-0.25, -0.2) is 8.42 Å². The van der Waals surface area contributed by atoms with Crippen molar-refractivity contribution < 1.29 is 17.9 Å². The second-order valence-electron chi connectivity index (χ2n) is 4.75. The Hall–Kier alpha value is -0.780. The van der Waals surface area contributed by atoms with Crippen molar-refractivity contribution >= 4 is 19.7 Å². The first kappa shape index (κ1) is 14.6. The Morgan fingerprint density at radius 1 is 1.37 bits per heavy atom. The quantitative estimate of drug-likeness (QED) is 0.803. The highest BCUT2D eigenvalue weighted by Crippen LogP contribution is 2.29. The highest BCUT2D eigenvalue weighted by atomic mass is 35.7. The summed E-state index contributed by atoms with van der Waals surface area (Å²) >= 11 is 0. The monoisotopic (exact) mass is 304 g/mol. The molecule has 1 saturated heterocycles. The Balaban J connectivity index is 2.11. The molecule has 2 rings (SSSR count). The number of hydrogen-bond acceptors (Lipinski definition) is 4. The van der Waals surface area contributed by atoms with Crippen LogP contribution in [0.4, 0.5) is 0 Å². The van der Waals surface area contributed by atoms with Crippen molar-refractivity contribution in [2.45, 2.75) is 24.7 Å². The summed E-state index contributed by atoms with van der Waals surface area (Å²) in [6.45, 7) is 3.78. The van der Waals surface area contributed by atoms with E-state index in [9.17, 15) is 8.42 Å². The van der Waals surface area contributed by atoms with Crippen LogP contribution in [0, 0.1) is 12.8 Å². The van der Waals surface area contributed by atoms with Gasteiger partial charge in [0.15, 0.2) is 0 Å². The Morgan fingerprint density at radius 2 is 2.05 bits per heavy atom. The van der Waals surface area contributed by atoms with E-state index in [4.69, 9.17) is 20.2 Å². The van der Waals surface area contributed by atoms with Gasteiger partial charge in [-0.15, -0.1) is 0 Å². The fourth-order valence-corrected chi connectivity index (χ4v) is 3.10. The molecule has 19 heavy (non-hydrogen) atoms. The molecular weight excluding hydrogens is 288 g/mol. The molecule has 0 N–H and O–H groups in total. The Labute approximate surface area is 118 Å². The van der Waals surface area contributed by atoms with Gasteiger partial charge in [-0.05, 0) is 43.4 Å². The molecule has 1 aliphatic rings. The molecule has 1 aliphatic heterocycles. The van der Waals surface area contributed by atoms with Crippen LogP contribution >= 0.6 is 10.7 Å². The Kier molecular flexibility index (Phi) is 4.71. The maximum atomic E-state index is 11.5. The summed E-state index contributed by atoms with van der Waals surface area (Å²) in [5.41, 5.74) is 0.831. The van der Waals surface area contributed by atoms with Crippen LogP contribution in [0.5, 0.6) is 5.75 Å². The molecule has 4 nitrogen and oxygen atoms in total. The van der Waals surface area contributed by atoms with Crippen LogP contribution in [0.3, 0.4) is 0 Å². The van der Waals surface area contributed by atoms with E-state index in [0.717, 1.165) is 31.6 Å². The molecule has 0 unspecified atom stereocenters. The van der Waals surface area contributed by atoms with Gasteiger partial charge in [0.25, 0.3) is 9.05 Å². The van der Waals surface area contributed by atoms with E-state index in [2.05, 4.69) is 0 Å². The Morgan fingerprint density at radius 3 is 2.68 bits per heavy atom. The first-order valence-electron chi connectivity index (χ1n) is 6.22. The predicted octanol–water partition coefficient (Wildman–Crippen LogP) is 2.73. The highest BCUT2D eigenvalue weighted by Gasteiger charge is 2.19. The minimum atomic E-state index is -3.79. The standard InChI is InChI=1S/C13H17ClO4S/c1-10-2-3-12(13(8-10)19(14,15)16)18-9-11-4-6-17-7-5-11/h2-3,8,11H,4-7,9H2,1H3. The first-order valence-corrected chi connectivity index (χ1v) is 8.53. The summed E-state index contributed by atoms with van der Waals surface area (Å²) in [6.07, 6.45) is 1.88. The van der Waals surface area contributed by atoms with Gasteiger partial charge in [-0.1, -0.05) is 6.07 Å². The van der Waals surface area contributed by atoms with Crippen molar-refractivity contribution in [3.05, 3.63) is 23.8 Å². The molecule has 0 bridgehead atoms. The van der Waals surface area contributed by atoms with E-state index in [1.165, 1.54) is 6.07 Å². The molecule has 1 fully saturated rings. The van der Waals surface area contributed by atoms with Gasteiger partial charge in [-0.3, -0.25) is 0 Å². The SMILES string of the molecule is Cc1ccc(OCC2CCOCC2)c(S(=O)(=O)Cl)c1. The number of hydrogen-bond donors (Lipinski definition) is 0. The molecule has 0 spiro atoms. The zero-order valence-electron chi connectivity index (χ0n) is 10.8. The van der Waals surface area contributed by atoms with Gasteiger partial charge < -0.3 is 9.47 Å². The third kappa shape index (κ3) is 4.09. The van der Waals surface area contributed by atoms with Gasteiger partial charge in [0, 0.05) is 23.9 Å². The number of aryl methyl sites for hydroxylation is 1. The minimum Gasteiger partial charge on any atom is -0.492 e. The molecule has 0 aromatic heterocycles. The molecule has 0 atom stereocenters. The lowest BCUT2D eigenvalue weighted by molar-refractivity contribution is 0.0493. The lowest BCUT2D eigenvalue weighted by Gasteiger charge is -2.22. The summed E-state index contributed by atoms with van der Waals surface area (Å²) in [7, 11) is 1.64. The van der Waals surface area contributed by atoms with Gasteiger partial charge in [-0.2, -0.15) is 0 Å². The fraction of sp³-hybridized carbons (Fsp3) is 0.538. The fourth-order valence-electron chi connectivity index (χ4n) is 2.05.